The lowest BCUT2D eigenvalue weighted by Gasteiger charge is -2.12. The van der Waals surface area contributed by atoms with E-state index < -0.39 is 41.2 Å². The number of methoxy groups -OCH3 is 1. The summed E-state index contributed by atoms with van der Waals surface area (Å²) in [5.74, 6) is -0.812. The molecule has 0 unspecified atom stereocenters. The van der Waals surface area contributed by atoms with Crippen molar-refractivity contribution in [3.8, 4) is 6.07 Å². The molecule has 9 nitrogen and oxygen atoms in total. The smallest absolute Gasteiger partial charge is 0.350 e. The van der Waals surface area contributed by atoms with Crippen LogP contribution in [0.5, 0.6) is 0 Å². The Morgan fingerprint density at radius 3 is 2.18 bits per heavy atom. The highest BCUT2D eigenvalue weighted by Gasteiger charge is 2.34. The van der Waals surface area contributed by atoms with Crippen LogP contribution < -0.4 is 5.43 Å². The molecule has 0 fully saturated rings. The molecule has 0 saturated carbocycles. The van der Waals surface area contributed by atoms with Gasteiger partial charge >= 0.3 is 5.97 Å². The summed E-state index contributed by atoms with van der Waals surface area (Å²) in [6, 6.07) is 1.49. The quantitative estimate of drug-likeness (QED) is 0.210. The third-order valence-electron chi connectivity index (χ3n) is 3.55. The van der Waals surface area contributed by atoms with E-state index in [1.165, 1.54) is 33.8 Å². The SMILES string of the molecule is COC(=O)c1sc(SC)c(S(=O)(=O)C(C)C)c1NN=C(C#N)S(=O)(=O)C(C)C. The largest absolute Gasteiger partial charge is 0.465 e. The van der Waals surface area contributed by atoms with E-state index in [4.69, 9.17) is 4.74 Å². The zero-order chi connectivity index (χ0) is 21.9. The third-order valence-corrected chi connectivity index (χ3v) is 10.3. The molecule has 1 rings (SSSR count). The van der Waals surface area contributed by atoms with E-state index >= 15 is 0 Å². The van der Waals surface area contributed by atoms with E-state index in [1.54, 1.807) is 6.26 Å². The van der Waals surface area contributed by atoms with Gasteiger partial charge < -0.3 is 4.74 Å². The maximum absolute atomic E-state index is 12.8. The van der Waals surface area contributed by atoms with E-state index in [-0.39, 0.29) is 15.5 Å². The fourth-order valence-corrected chi connectivity index (χ4v) is 6.53. The van der Waals surface area contributed by atoms with Crippen LogP contribution >= 0.6 is 23.1 Å². The van der Waals surface area contributed by atoms with Crippen LogP contribution in [-0.2, 0) is 24.4 Å². The van der Waals surface area contributed by atoms with E-state index in [2.05, 4.69) is 10.5 Å². The highest BCUT2D eigenvalue weighted by Crippen LogP contribution is 2.43. The number of carbonyl (C=O) groups excluding carboxylic acids is 1. The molecule has 0 amide bonds. The van der Waals surface area contributed by atoms with Crippen LogP contribution in [0.2, 0.25) is 0 Å². The Morgan fingerprint density at radius 1 is 1.21 bits per heavy atom. The predicted octanol–water partition coefficient (Wildman–Crippen LogP) is 2.51. The monoisotopic (exact) mass is 467 g/mol. The maximum Gasteiger partial charge on any atom is 0.350 e. The molecule has 0 atom stereocenters. The van der Waals surface area contributed by atoms with E-state index in [0.29, 0.717) is 4.21 Å². The van der Waals surface area contributed by atoms with Gasteiger partial charge in [0, 0.05) is 0 Å². The first-order valence-electron chi connectivity index (χ1n) is 7.86. The van der Waals surface area contributed by atoms with Crippen molar-refractivity contribution in [2.75, 3.05) is 18.8 Å². The molecule has 0 bridgehead atoms. The fourth-order valence-electron chi connectivity index (χ4n) is 1.84. The Bertz CT molecular complexity index is 1030. The molecular formula is C15H21N3O6S4. The van der Waals surface area contributed by atoms with Crippen LogP contribution in [0.4, 0.5) is 5.69 Å². The van der Waals surface area contributed by atoms with E-state index in [0.717, 1.165) is 30.2 Å². The van der Waals surface area contributed by atoms with Crippen molar-refractivity contribution in [1.82, 2.24) is 0 Å². The predicted molar refractivity (Wildman–Crippen MR) is 110 cm³/mol. The molecule has 0 aromatic carbocycles. The summed E-state index contributed by atoms with van der Waals surface area (Å²) in [6.07, 6.45) is 1.64. The normalized spacial score (nSPS) is 12.9. The molecule has 1 aromatic rings. The lowest BCUT2D eigenvalue weighted by Crippen LogP contribution is -2.24. The van der Waals surface area contributed by atoms with Crippen molar-refractivity contribution in [3.63, 3.8) is 0 Å². The summed E-state index contributed by atoms with van der Waals surface area (Å²) in [7, 11) is -6.73. The summed E-state index contributed by atoms with van der Waals surface area (Å²) < 4.78 is 55.1. The molecule has 0 aliphatic carbocycles. The van der Waals surface area contributed by atoms with Gasteiger partial charge in [-0.15, -0.1) is 23.1 Å². The van der Waals surface area contributed by atoms with Crippen LogP contribution in [0.15, 0.2) is 14.2 Å². The van der Waals surface area contributed by atoms with Gasteiger partial charge in [0.15, 0.2) is 9.84 Å². The molecule has 13 heteroatoms. The highest BCUT2D eigenvalue weighted by atomic mass is 32.2. The Morgan fingerprint density at radius 2 is 1.79 bits per heavy atom. The first-order valence-corrected chi connectivity index (χ1v) is 13.0. The number of nitriles is 1. The van der Waals surface area contributed by atoms with Crippen molar-refractivity contribution in [1.29, 1.82) is 5.26 Å². The molecule has 0 saturated heterocycles. The van der Waals surface area contributed by atoms with E-state index in [1.807, 2.05) is 0 Å². The minimum absolute atomic E-state index is 0.0888. The summed E-state index contributed by atoms with van der Waals surface area (Å²) >= 11 is 1.99. The molecule has 156 valence electrons. The number of hydrogen-bond donors (Lipinski definition) is 1. The van der Waals surface area contributed by atoms with Gasteiger partial charge in [0.1, 0.15) is 21.5 Å². The Labute approximate surface area is 173 Å². The second-order valence-electron chi connectivity index (χ2n) is 5.95. The fraction of sp³-hybridized carbons (Fsp3) is 0.533. The van der Waals surface area contributed by atoms with Gasteiger partial charge in [-0.05, 0) is 34.0 Å². The second kappa shape index (κ2) is 9.25. The summed E-state index contributed by atoms with van der Waals surface area (Å²) in [4.78, 5) is 11.9. The van der Waals surface area contributed by atoms with E-state index in [9.17, 15) is 26.9 Å². The zero-order valence-corrected chi connectivity index (χ0v) is 19.4. The van der Waals surface area contributed by atoms with Crippen molar-refractivity contribution >= 4 is 59.5 Å². The number of thioether (sulfide) groups is 1. The lowest BCUT2D eigenvalue weighted by molar-refractivity contribution is 0.0607. The molecule has 0 aliphatic heterocycles. The van der Waals surface area contributed by atoms with Crippen LogP contribution in [0.25, 0.3) is 0 Å². The minimum Gasteiger partial charge on any atom is -0.465 e. The number of anilines is 1. The van der Waals surface area contributed by atoms with Gasteiger partial charge in [0.25, 0.3) is 5.04 Å². The molecule has 1 N–H and O–H groups in total. The topological polar surface area (TPSA) is 143 Å². The first kappa shape index (κ1) is 24.4. The molecule has 0 radical (unpaired) electrons. The summed E-state index contributed by atoms with van der Waals surface area (Å²) in [6.45, 7) is 5.72. The molecular weight excluding hydrogens is 446 g/mol. The van der Waals surface area contributed by atoms with Crippen LogP contribution in [0, 0.1) is 11.3 Å². The molecule has 1 heterocycles. The Balaban J connectivity index is 3.78. The number of rotatable bonds is 7. The van der Waals surface area contributed by atoms with Crippen molar-refractivity contribution in [2.24, 2.45) is 5.10 Å². The van der Waals surface area contributed by atoms with Crippen LogP contribution in [0.3, 0.4) is 0 Å². The Hall–Kier alpha value is -1.62. The summed E-state index contributed by atoms with van der Waals surface area (Å²) in [5, 5.41) is 10.2. The Kier molecular flexibility index (Phi) is 8.07. The zero-order valence-electron chi connectivity index (χ0n) is 16.1. The summed E-state index contributed by atoms with van der Waals surface area (Å²) in [5.41, 5.74) is 2.12. The molecule has 0 spiro atoms. The van der Waals surface area contributed by atoms with Crippen molar-refractivity contribution in [2.45, 2.75) is 47.3 Å². The maximum atomic E-state index is 12.8. The third kappa shape index (κ3) is 4.68. The number of esters is 1. The number of nitrogens with one attached hydrogen (secondary N) is 1. The molecule has 1 aromatic heterocycles. The lowest BCUT2D eigenvalue weighted by atomic mass is 10.4. The van der Waals surface area contributed by atoms with Crippen molar-refractivity contribution in [3.05, 3.63) is 4.88 Å². The number of hydrogen-bond acceptors (Lipinski definition) is 11. The van der Waals surface area contributed by atoms with Gasteiger partial charge in [-0.2, -0.15) is 10.4 Å². The van der Waals surface area contributed by atoms with Gasteiger partial charge in [-0.1, -0.05) is 0 Å². The number of thiophene rings is 1. The van der Waals surface area contributed by atoms with Gasteiger partial charge in [0.2, 0.25) is 9.84 Å². The van der Waals surface area contributed by atoms with Crippen molar-refractivity contribution < 1.29 is 26.4 Å². The number of nitrogens with zero attached hydrogens (tertiary/aromatic N) is 2. The second-order valence-corrected chi connectivity index (χ2v) is 12.9. The minimum atomic E-state index is -4.00. The highest BCUT2D eigenvalue weighted by molar-refractivity contribution is 8.07. The standard InChI is InChI=1S/C15H21N3O6S4/c1-8(2)27(20,21)10(7-16)17-18-11-12(14(19)24-5)26-15(25-6)13(11)28(22,23)9(3)4/h8-9,18H,1-6H3. The van der Waals surface area contributed by atoms with Gasteiger partial charge in [-0.25, -0.2) is 21.6 Å². The average molecular weight is 468 g/mol. The van der Waals surface area contributed by atoms with Gasteiger partial charge in [-0.3, -0.25) is 5.43 Å². The number of ether oxygens (including phenoxy) is 1. The number of sulfone groups is 2. The molecule has 0 aliphatic rings. The number of hydrazone groups is 1. The molecule has 28 heavy (non-hydrogen) atoms. The number of carbonyl (C=O) groups is 1. The average Bonchev–Trinajstić information content (AvgIpc) is 3.00. The van der Waals surface area contributed by atoms with Crippen LogP contribution in [-0.4, -0.2) is 51.7 Å². The van der Waals surface area contributed by atoms with Gasteiger partial charge in [0.05, 0.1) is 21.8 Å². The van der Waals surface area contributed by atoms with Crippen LogP contribution in [0.1, 0.15) is 37.4 Å². The first-order chi connectivity index (χ1) is 12.9.